The summed E-state index contributed by atoms with van der Waals surface area (Å²) in [6, 6.07) is 17.5. The first-order valence-corrected chi connectivity index (χ1v) is 6.88. The van der Waals surface area contributed by atoms with Crippen LogP contribution in [0.15, 0.2) is 65.9 Å². The lowest BCUT2D eigenvalue weighted by Gasteiger charge is -2.08. The molecule has 104 valence electrons. The quantitative estimate of drug-likeness (QED) is 0.534. The van der Waals surface area contributed by atoms with Crippen LogP contribution in [-0.4, -0.2) is 17.8 Å². The van der Waals surface area contributed by atoms with E-state index in [9.17, 15) is 0 Å². The van der Waals surface area contributed by atoms with Gasteiger partial charge in [0.15, 0.2) is 0 Å². The van der Waals surface area contributed by atoms with E-state index in [2.05, 4.69) is 10.1 Å². The van der Waals surface area contributed by atoms with Gasteiger partial charge in [-0.2, -0.15) is 0 Å². The SMILES string of the molecule is CON=C(c1cnc2ccccc2c1)c1ccccc1Cl. The Labute approximate surface area is 127 Å². The molecule has 0 fully saturated rings. The Kier molecular flexibility index (Phi) is 3.84. The molecular formula is C17H13ClN2O. The van der Waals surface area contributed by atoms with Crippen LogP contribution in [0.3, 0.4) is 0 Å². The largest absolute Gasteiger partial charge is 0.399 e. The highest BCUT2D eigenvalue weighted by Gasteiger charge is 2.12. The van der Waals surface area contributed by atoms with E-state index >= 15 is 0 Å². The molecule has 1 heterocycles. The Hall–Kier alpha value is -2.39. The topological polar surface area (TPSA) is 34.5 Å². The summed E-state index contributed by atoms with van der Waals surface area (Å²) in [5, 5.41) is 5.80. The normalized spacial score (nSPS) is 11.6. The van der Waals surface area contributed by atoms with E-state index in [1.807, 2.05) is 54.6 Å². The van der Waals surface area contributed by atoms with Crippen LogP contribution in [0.25, 0.3) is 10.9 Å². The van der Waals surface area contributed by atoms with Crippen LogP contribution in [0.1, 0.15) is 11.1 Å². The summed E-state index contributed by atoms with van der Waals surface area (Å²) < 4.78 is 0. The number of nitrogens with zero attached hydrogens (tertiary/aromatic N) is 2. The Bertz CT molecular complexity index is 815. The molecule has 3 rings (SSSR count). The fourth-order valence-corrected chi connectivity index (χ4v) is 2.43. The maximum absolute atomic E-state index is 6.27. The summed E-state index contributed by atoms with van der Waals surface area (Å²) in [5.41, 5.74) is 3.29. The molecule has 0 radical (unpaired) electrons. The second kappa shape index (κ2) is 5.94. The number of hydrogen-bond donors (Lipinski definition) is 0. The summed E-state index contributed by atoms with van der Waals surface area (Å²) in [5.74, 6) is 0. The van der Waals surface area contributed by atoms with Crippen molar-refractivity contribution in [1.82, 2.24) is 4.98 Å². The summed E-state index contributed by atoms with van der Waals surface area (Å²) >= 11 is 6.27. The van der Waals surface area contributed by atoms with Crippen LogP contribution >= 0.6 is 11.6 Å². The highest BCUT2D eigenvalue weighted by atomic mass is 35.5. The molecular weight excluding hydrogens is 284 g/mol. The molecule has 0 amide bonds. The number of hydrogen-bond acceptors (Lipinski definition) is 3. The summed E-state index contributed by atoms with van der Waals surface area (Å²) in [4.78, 5) is 9.44. The standard InChI is InChI=1S/C17H13ClN2O/c1-21-20-17(14-7-3-4-8-15(14)18)13-10-12-6-2-5-9-16(12)19-11-13/h2-11H,1H3. The highest BCUT2D eigenvalue weighted by molar-refractivity contribution is 6.35. The van der Waals surface area contributed by atoms with Gasteiger partial charge in [0, 0.05) is 22.7 Å². The van der Waals surface area contributed by atoms with Crippen LogP contribution in [0.5, 0.6) is 0 Å². The van der Waals surface area contributed by atoms with Crippen LogP contribution in [-0.2, 0) is 4.84 Å². The first-order valence-electron chi connectivity index (χ1n) is 6.51. The van der Waals surface area contributed by atoms with Crippen molar-refractivity contribution in [2.45, 2.75) is 0 Å². The molecule has 2 aromatic carbocycles. The van der Waals surface area contributed by atoms with Gasteiger partial charge in [0.25, 0.3) is 0 Å². The number of benzene rings is 2. The van der Waals surface area contributed by atoms with E-state index in [0.29, 0.717) is 10.7 Å². The molecule has 0 bridgehead atoms. The minimum absolute atomic E-state index is 0.626. The molecule has 3 nitrogen and oxygen atoms in total. The molecule has 3 aromatic rings. The van der Waals surface area contributed by atoms with E-state index in [1.165, 1.54) is 7.11 Å². The van der Waals surface area contributed by atoms with E-state index in [1.54, 1.807) is 6.20 Å². The molecule has 21 heavy (non-hydrogen) atoms. The minimum atomic E-state index is 0.626. The first-order chi connectivity index (χ1) is 10.3. The average molecular weight is 297 g/mol. The number of halogens is 1. The number of pyridine rings is 1. The molecule has 0 aliphatic rings. The smallest absolute Gasteiger partial charge is 0.120 e. The Morgan fingerprint density at radius 1 is 1.10 bits per heavy atom. The number of para-hydroxylation sites is 1. The lowest BCUT2D eigenvalue weighted by atomic mass is 10.0. The molecule has 0 aliphatic carbocycles. The van der Waals surface area contributed by atoms with Gasteiger partial charge in [0.2, 0.25) is 0 Å². The Morgan fingerprint density at radius 2 is 1.86 bits per heavy atom. The second-order valence-electron chi connectivity index (χ2n) is 4.52. The average Bonchev–Trinajstić information content (AvgIpc) is 2.53. The summed E-state index contributed by atoms with van der Waals surface area (Å²) in [6.45, 7) is 0. The Balaban J connectivity index is 2.16. The fourth-order valence-electron chi connectivity index (χ4n) is 2.20. The molecule has 0 unspecified atom stereocenters. The predicted molar refractivity (Wildman–Crippen MR) is 85.8 cm³/mol. The zero-order valence-corrected chi connectivity index (χ0v) is 12.2. The van der Waals surface area contributed by atoms with Crippen LogP contribution in [0, 0.1) is 0 Å². The monoisotopic (exact) mass is 296 g/mol. The van der Waals surface area contributed by atoms with Crippen molar-refractivity contribution in [2.75, 3.05) is 7.11 Å². The van der Waals surface area contributed by atoms with Crippen molar-refractivity contribution in [1.29, 1.82) is 0 Å². The van der Waals surface area contributed by atoms with Gasteiger partial charge in [0.1, 0.15) is 12.8 Å². The zero-order valence-electron chi connectivity index (χ0n) is 11.5. The molecule has 0 saturated carbocycles. The second-order valence-corrected chi connectivity index (χ2v) is 4.93. The third kappa shape index (κ3) is 2.73. The molecule has 0 atom stereocenters. The zero-order chi connectivity index (χ0) is 14.7. The number of aromatic nitrogens is 1. The minimum Gasteiger partial charge on any atom is -0.399 e. The van der Waals surface area contributed by atoms with E-state index in [-0.39, 0.29) is 0 Å². The highest BCUT2D eigenvalue weighted by Crippen LogP contribution is 2.22. The van der Waals surface area contributed by atoms with Crippen molar-refractivity contribution in [3.05, 3.63) is 76.9 Å². The van der Waals surface area contributed by atoms with Gasteiger partial charge < -0.3 is 4.84 Å². The van der Waals surface area contributed by atoms with Gasteiger partial charge in [-0.05, 0) is 18.2 Å². The van der Waals surface area contributed by atoms with Crippen LogP contribution < -0.4 is 0 Å². The van der Waals surface area contributed by atoms with E-state index < -0.39 is 0 Å². The van der Waals surface area contributed by atoms with E-state index in [0.717, 1.165) is 22.0 Å². The van der Waals surface area contributed by atoms with Crippen molar-refractivity contribution in [2.24, 2.45) is 5.16 Å². The van der Waals surface area contributed by atoms with Gasteiger partial charge in [-0.3, -0.25) is 4.98 Å². The van der Waals surface area contributed by atoms with Crippen molar-refractivity contribution in [3.63, 3.8) is 0 Å². The van der Waals surface area contributed by atoms with Gasteiger partial charge in [-0.1, -0.05) is 53.2 Å². The molecule has 0 N–H and O–H groups in total. The lowest BCUT2D eigenvalue weighted by Crippen LogP contribution is -2.05. The summed E-state index contributed by atoms with van der Waals surface area (Å²) in [6.07, 6.45) is 1.78. The first kappa shape index (κ1) is 13.6. The molecule has 1 aromatic heterocycles. The van der Waals surface area contributed by atoms with Gasteiger partial charge in [-0.15, -0.1) is 0 Å². The number of fused-ring (bicyclic) bond motifs is 1. The fraction of sp³-hybridized carbons (Fsp3) is 0.0588. The predicted octanol–water partition coefficient (Wildman–Crippen LogP) is 4.29. The summed E-state index contributed by atoms with van der Waals surface area (Å²) in [7, 11) is 1.52. The number of oxime groups is 1. The maximum atomic E-state index is 6.27. The number of rotatable bonds is 3. The van der Waals surface area contributed by atoms with Gasteiger partial charge in [0.05, 0.1) is 10.5 Å². The van der Waals surface area contributed by atoms with Crippen molar-refractivity contribution >= 4 is 28.2 Å². The maximum Gasteiger partial charge on any atom is 0.120 e. The third-order valence-corrected chi connectivity index (χ3v) is 3.51. The van der Waals surface area contributed by atoms with Crippen molar-refractivity contribution < 1.29 is 4.84 Å². The molecule has 4 heteroatoms. The molecule has 0 aliphatic heterocycles. The van der Waals surface area contributed by atoms with Crippen molar-refractivity contribution in [3.8, 4) is 0 Å². The van der Waals surface area contributed by atoms with Crippen LogP contribution in [0.2, 0.25) is 5.02 Å². The van der Waals surface area contributed by atoms with E-state index in [4.69, 9.17) is 16.4 Å². The van der Waals surface area contributed by atoms with Gasteiger partial charge >= 0.3 is 0 Å². The molecule has 0 spiro atoms. The lowest BCUT2D eigenvalue weighted by molar-refractivity contribution is 0.214. The molecule has 0 saturated heterocycles. The van der Waals surface area contributed by atoms with Crippen LogP contribution in [0.4, 0.5) is 0 Å². The van der Waals surface area contributed by atoms with Gasteiger partial charge in [-0.25, -0.2) is 0 Å². The Morgan fingerprint density at radius 3 is 2.67 bits per heavy atom. The third-order valence-electron chi connectivity index (χ3n) is 3.18.